The maximum absolute atomic E-state index is 8.56. The fraction of sp³-hybridized carbons (Fsp3) is 0.706. The molecule has 0 atom stereocenters. The van der Waals surface area contributed by atoms with Crippen LogP contribution in [0.15, 0.2) is 25.3 Å². The van der Waals surface area contributed by atoms with Crippen LogP contribution in [0.1, 0.15) is 52.4 Å². The van der Waals surface area contributed by atoms with Crippen molar-refractivity contribution in [1.29, 1.82) is 0 Å². The Hall–Kier alpha value is -1.33. The Morgan fingerprint density at radius 3 is 1.41 bits per heavy atom. The molecule has 0 aromatic carbocycles. The summed E-state index contributed by atoms with van der Waals surface area (Å²) >= 11 is 0. The van der Waals surface area contributed by atoms with Crippen LogP contribution in [0.5, 0.6) is 0 Å². The molecule has 22 heavy (non-hydrogen) atoms. The SMILES string of the molecule is C=CCNCCCCC.C=CCNCCCCC.O=C(O)O. The fourth-order valence-corrected chi connectivity index (χ4v) is 1.41. The maximum atomic E-state index is 8.56. The fourth-order valence-electron chi connectivity index (χ4n) is 1.41. The summed E-state index contributed by atoms with van der Waals surface area (Å²) in [6.07, 6.45) is 9.83. The van der Waals surface area contributed by atoms with Crippen LogP contribution in [0.2, 0.25) is 0 Å². The number of carbonyl (C=O) groups is 1. The van der Waals surface area contributed by atoms with Gasteiger partial charge in [0.15, 0.2) is 0 Å². The van der Waals surface area contributed by atoms with Gasteiger partial charge in [0, 0.05) is 13.1 Å². The van der Waals surface area contributed by atoms with Gasteiger partial charge in [-0.2, -0.15) is 0 Å². The van der Waals surface area contributed by atoms with Crippen LogP contribution in [0.3, 0.4) is 0 Å². The monoisotopic (exact) mass is 316 g/mol. The molecule has 0 unspecified atom stereocenters. The highest BCUT2D eigenvalue weighted by molar-refractivity contribution is 5.53. The summed E-state index contributed by atoms with van der Waals surface area (Å²) < 4.78 is 0. The first kappa shape index (κ1) is 25.6. The molecule has 0 spiro atoms. The molecule has 0 bridgehead atoms. The van der Waals surface area contributed by atoms with E-state index in [1.807, 2.05) is 12.2 Å². The van der Waals surface area contributed by atoms with Crippen molar-refractivity contribution in [3.05, 3.63) is 25.3 Å². The predicted molar refractivity (Wildman–Crippen MR) is 95.8 cm³/mol. The van der Waals surface area contributed by atoms with Gasteiger partial charge < -0.3 is 20.8 Å². The minimum atomic E-state index is -1.83. The van der Waals surface area contributed by atoms with E-state index in [-0.39, 0.29) is 0 Å². The van der Waals surface area contributed by atoms with Crippen molar-refractivity contribution in [1.82, 2.24) is 10.6 Å². The molecule has 0 heterocycles. The third-order valence-corrected chi connectivity index (χ3v) is 2.49. The molecule has 0 aliphatic carbocycles. The zero-order valence-corrected chi connectivity index (χ0v) is 14.4. The van der Waals surface area contributed by atoms with Crippen molar-refractivity contribution >= 4 is 6.16 Å². The molecule has 0 aromatic rings. The van der Waals surface area contributed by atoms with Gasteiger partial charge in [0.05, 0.1) is 0 Å². The molecular formula is C17H36N2O3. The van der Waals surface area contributed by atoms with Crippen LogP contribution in [0, 0.1) is 0 Å². The third kappa shape index (κ3) is 51.2. The lowest BCUT2D eigenvalue weighted by Crippen LogP contribution is -2.14. The minimum Gasteiger partial charge on any atom is -0.450 e. The molecule has 0 aliphatic heterocycles. The Labute approximate surface area is 136 Å². The zero-order valence-electron chi connectivity index (χ0n) is 14.4. The minimum absolute atomic E-state index is 0.948. The topological polar surface area (TPSA) is 81.6 Å². The second kappa shape index (κ2) is 27.9. The summed E-state index contributed by atoms with van der Waals surface area (Å²) in [7, 11) is 0. The van der Waals surface area contributed by atoms with Gasteiger partial charge in [-0.25, -0.2) is 4.79 Å². The van der Waals surface area contributed by atoms with Crippen molar-refractivity contribution in [3.8, 4) is 0 Å². The number of rotatable bonds is 12. The molecule has 0 amide bonds. The van der Waals surface area contributed by atoms with Gasteiger partial charge in [0.1, 0.15) is 0 Å². The smallest absolute Gasteiger partial charge is 0.450 e. The molecule has 5 nitrogen and oxygen atoms in total. The maximum Gasteiger partial charge on any atom is 0.503 e. The van der Waals surface area contributed by atoms with Gasteiger partial charge >= 0.3 is 6.16 Å². The molecule has 0 aliphatic rings. The van der Waals surface area contributed by atoms with E-state index in [0.717, 1.165) is 26.2 Å². The van der Waals surface area contributed by atoms with Crippen LogP contribution in [-0.2, 0) is 0 Å². The lowest BCUT2D eigenvalue weighted by atomic mass is 10.2. The molecule has 0 rings (SSSR count). The average Bonchev–Trinajstić information content (AvgIpc) is 2.47. The van der Waals surface area contributed by atoms with Crippen LogP contribution in [0.25, 0.3) is 0 Å². The van der Waals surface area contributed by atoms with Gasteiger partial charge in [0.25, 0.3) is 0 Å². The van der Waals surface area contributed by atoms with Gasteiger partial charge in [-0.3, -0.25) is 0 Å². The molecule has 0 aromatic heterocycles. The van der Waals surface area contributed by atoms with E-state index < -0.39 is 6.16 Å². The normalized spacial score (nSPS) is 8.82. The van der Waals surface area contributed by atoms with Crippen molar-refractivity contribution in [2.45, 2.75) is 52.4 Å². The van der Waals surface area contributed by atoms with Crippen LogP contribution in [-0.4, -0.2) is 42.5 Å². The molecule has 4 N–H and O–H groups in total. The highest BCUT2D eigenvalue weighted by Crippen LogP contribution is 1.90. The summed E-state index contributed by atoms with van der Waals surface area (Å²) in [6, 6.07) is 0. The number of unbranched alkanes of at least 4 members (excludes halogenated alkanes) is 4. The van der Waals surface area contributed by atoms with Gasteiger partial charge in [0.2, 0.25) is 0 Å². The summed E-state index contributed by atoms with van der Waals surface area (Å²) in [5.74, 6) is 0. The highest BCUT2D eigenvalue weighted by atomic mass is 16.6. The van der Waals surface area contributed by atoms with Crippen molar-refractivity contribution in [2.24, 2.45) is 0 Å². The molecule has 0 fully saturated rings. The molecule has 132 valence electrons. The van der Waals surface area contributed by atoms with Crippen molar-refractivity contribution in [2.75, 3.05) is 26.2 Å². The average molecular weight is 316 g/mol. The van der Waals surface area contributed by atoms with E-state index in [1.54, 1.807) is 0 Å². The first-order chi connectivity index (χ1) is 10.6. The molecular weight excluding hydrogens is 280 g/mol. The molecule has 5 heteroatoms. The molecule has 0 radical (unpaired) electrons. The lowest BCUT2D eigenvalue weighted by molar-refractivity contribution is 0.137. The second-order valence-electron chi connectivity index (χ2n) is 4.68. The summed E-state index contributed by atoms with van der Waals surface area (Å²) in [5.41, 5.74) is 0. The van der Waals surface area contributed by atoms with Crippen LogP contribution < -0.4 is 10.6 Å². The Bertz CT molecular complexity index is 212. The first-order valence-electron chi connectivity index (χ1n) is 8.11. The Morgan fingerprint density at radius 2 is 1.18 bits per heavy atom. The van der Waals surface area contributed by atoms with E-state index in [2.05, 4.69) is 37.6 Å². The Balaban J connectivity index is -0.000000266. The standard InChI is InChI=1S/2C8H17N.CH2O3/c2*1-3-5-6-8-9-7-4-2;2-1(3)4/h2*4,9H,2-3,5-8H2,1H3;(H2,2,3,4). The second-order valence-corrected chi connectivity index (χ2v) is 4.68. The number of hydrogen-bond acceptors (Lipinski definition) is 3. The zero-order chi connectivity index (χ0) is 17.5. The summed E-state index contributed by atoms with van der Waals surface area (Å²) in [4.78, 5) is 8.56. The third-order valence-electron chi connectivity index (χ3n) is 2.49. The Morgan fingerprint density at radius 1 is 0.864 bits per heavy atom. The van der Waals surface area contributed by atoms with E-state index in [4.69, 9.17) is 15.0 Å². The lowest BCUT2D eigenvalue weighted by Gasteiger charge is -1.98. The van der Waals surface area contributed by atoms with E-state index in [0.29, 0.717) is 0 Å². The summed E-state index contributed by atoms with van der Waals surface area (Å²) in [6.45, 7) is 15.8. The van der Waals surface area contributed by atoms with Crippen LogP contribution >= 0.6 is 0 Å². The highest BCUT2D eigenvalue weighted by Gasteiger charge is 1.83. The van der Waals surface area contributed by atoms with Crippen molar-refractivity contribution in [3.63, 3.8) is 0 Å². The quantitative estimate of drug-likeness (QED) is 0.321. The first-order valence-corrected chi connectivity index (χ1v) is 8.11. The van der Waals surface area contributed by atoms with Gasteiger partial charge in [-0.05, 0) is 25.9 Å². The number of nitrogens with one attached hydrogen (secondary N) is 2. The predicted octanol–water partition coefficient (Wildman–Crippen LogP) is 4.13. The van der Waals surface area contributed by atoms with Gasteiger partial charge in [-0.1, -0.05) is 51.7 Å². The van der Waals surface area contributed by atoms with Gasteiger partial charge in [-0.15, -0.1) is 13.2 Å². The van der Waals surface area contributed by atoms with E-state index >= 15 is 0 Å². The van der Waals surface area contributed by atoms with Crippen molar-refractivity contribution < 1.29 is 15.0 Å². The number of hydrogen-bond donors (Lipinski definition) is 4. The number of carboxylic acid groups (broad SMARTS) is 2. The largest absolute Gasteiger partial charge is 0.503 e. The van der Waals surface area contributed by atoms with E-state index in [1.165, 1.54) is 38.5 Å². The molecule has 0 saturated heterocycles. The van der Waals surface area contributed by atoms with E-state index in [9.17, 15) is 0 Å². The Kier molecular flexibility index (Phi) is 32.5. The summed E-state index contributed by atoms with van der Waals surface area (Å²) in [5, 5.41) is 20.4. The van der Waals surface area contributed by atoms with Crippen LogP contribution in [0.4, 0.5) is 4.79 Å². The molecule has 0 saturated carbocycles.